The summed E-state index contributed by atoms with van der Waals surface area (Å²) in [7, 11) is 1.56. The highest BCUT2D eigenvalue weighted by Gasteiger charge is 2.27. The van der Waals surface area contributed by atoms with E-state index < -0.39 is 20.0 Å². The molecule has 0 aliphatic rings. The number of allylic oxidation sites excluding steroid dienone is 3. The fourth-order valence-corrected chi connectivity index (χ4v) is 7.09. The summed E-state index contributed by atoms with van der Waals surface area (Å²) in [6, 6.07) is -0.856. The lowest BCUT2D eigenvalue weighted by molar-refractivity contribution is -0.870. The van der Waals surface area contributed by atoms with Crippen LogP contribution >= 0.6 is 7.82 Å². The number of amides is 1. The number of likely N-dealkylation sites (N-methyl/N-ethyl adjacent to an activating group) is 1. The number of nitrogens with one attached hydrogen (secondary N) is 1. The van der Waals surface area contributed by atoms with E-state index >= 15 is 0 Å². The summed E-state index contributed by atoms with van der Waals surface area (Å²) in [4.78, 5) is 23.1. The van der Waals surface area contributed by atoms with Gasteiger partial charge in [0.25, 0.3) is 0 Å². The van der Waals surface area contributed by atoms with Crippen LogP contribution in [0.3, 0.4) is 0 Å². The Balaban J connectivity index is 4.32. The first-order valence-electron chi connectivity index (χ1n) is 22.2. The Kier molecular flexibility index (Phi) is 35.9. The van der Waals surface area contributed by atoms with E-state index in [9.17, 15) is 19.4 Å². The molecule has 3 unspecified atom stereocenters. The number of carbonyl (C=O) groups excluding carboxylic acids is 1. The lowest BCUT2D eigenvalue weighted by atomic mass is 10.0. The zero-order valence-electron chi connectivity index (χ0n) is 35.5. The molecule has 0 heterocycles. The summed E-state index contributed by atoms with van der Waals surface area (Å²) in [5.41, 5.74) is 0. The van der Waals surface area contributed by atoms with Crippen molar-refractivity contribution in [2.24, 2.45) is 0 Å². The third kappa shape index (κ3) is 39.0. The number of phosphoric ester groups is 1. The van der Waals surface area contributed by atoms with Crippen LogP contribution < -0.4 is 5.32 Å². The molecule has 0 aromatic carbocycles. The highest BCUT2D eigenvalue weighted by molar-refractivity contribution is 7.47. The number of aliphatic hydroxyl groups excluding tert-OH is 1. The van der Waals surface area contributed by atoms with Crippen LogP contribution in [0.2, 0.25) is 0 Å². The Morgan fingerprint density at radius 3 is 1.51 bits per heavy atom. The predicted molar refractivity (Wildman–Crippen MR) is 226 cm³/mol. The maximum atomic E-state index is 12.8. The molecule has 0 rings (SSSR count). The number of carbonyl (C=O) groups is 1. The molecule has 0 radical (unpaired) electrons. The topological polar surface area (TPSA) is 105 Å². The maximum absolute atomic E-state index is 12.8. The van der Waals surface area contributed by atoms with Crippen LogP contribution in [0.4, 0.5) is 0 Å². The highest BCUT2D eigenvalue weighted by atomic mass is 31.2. The zero-order chi connectivity index (χ0) is 39.3. The molecule has 0 fully saturated rings. The van der Waals surface area contributed by atoms with Crippen LogP contribution in [0.15, 0.2) is 24.3 Å². The normalized spacial score (nSPS) is 14.6. The number of hydrogen-bond donors (Lipinski definition) is 3. The minimum absolute atomic E-state index is 0.0580. The lowest BCUT2D eigenvalue weighted by Crippen LogP contribution is -2.45. The number of unbranched alkanes of at least 4 members (excludes halogenated alkanes) is 25. The van der Waals surface area contributed by atoms with E-state index in [1.165, 1.54) is 141 Å². The van der Waals surface area contributed by atoms with Crippen LogP contribution in [0, 0.1) is 0 Å². The smallest absolute Gasteiger partial charge is 0.387 e. The van der Waals surface area contributed by atoms with Crippen molar-refractivity contribution < 1.29 is 32.9 Å². The molecule has 0 saturated heterocycles. The monoisotopic (exact) mass is 772 g/mol. The van der Waals surface area contributed by atoms with Gasteiger partial charge in [0, 0.05) is 6.42 Å². The Hall–Kier alpha value is -1.02. The highest BCUT2D eigenvalue weighted by Crippen LogP contribution is 2.43. The summed E-state index contributed by atoms with van der Waals surface area (Å²) in [5, 5.41) is 13.8. The van der Waals surface area contributed by atoms with E-state index in [0.29, 0.717) is 17.4 Å². The first-order valence-corrected chi connectivity index (χ1v) is 23.7. The Bertz CT molecular complexity index is 922. The minimum Gasteiger partial charge on any atom is -0.387 e. The predicted octanol–water partition coefficient (Wildman–Crippen LogP) is 12.1. The van der Waals surface area contributed by atoms with Gasteiger partial charge < -0.3 is 19.8 Å². The largest absolute Gasteiger partial charge is 0.472 e. The molecular formula is C44H88N2O6P+. The molecule has 0 aliphatic heterocycles. The van der Waals surface area contributed by atoms with E-state index in [0.717, 1.165) is 38.5 Å². The summed E-state index contributed by atoms with van der Waals surface area (Å²) < 4.78 is 23.5. The maximum Gasteiger partial charge on any atom is 0.472 e. The van der Waals surface area contributed by atoms with Crippen LogP contribution in [0.5, 0.6) is 0 Å². The second kappa shape index (κ2) is 36.6. The number of rotatable bonds is 40. The molecule has 0 bridgehead atoms. The van der Waals surface area contributed by atoms with Crippen molar-refractivity contribution in [3.63, 3.8) is 0 Å². The van der Waals surface area contributed by atoms with Crippen LogP contribution in [-0.4, -0.2) is 73.4 Å². The van der Waals surface area contributed by atoms with Crippen molar-refractivity contribution in [3.05, 3.63) is 24.3 Å². The van der Waals surface area contributed by atoms with E-state index in [1.807, 2.05) is 27.2 Å². The molecule has 0 saturated carbocycles. The van der Waals surface area contributed by atoms with E-state index in [1.54, 1.807) is 6.08 Å². The molecular weight excluding hydrogens is 683 g/mol. The first-order chi connectivity index (χ1) is 25.5. The van der Waals surface area contributed by atoms with Gasteiger partial charge in [0.15, 0.2) is 0 Å². The first kappa shape index (κ1) is 52.0. The fourth-order valence-electron chi connectivity index (χ4n) is 6.35. The summed E-state index contributed by atoms with van der Waals surface area (Å²) in [6.45, 7) is 4.77. The molecule has 3 atom stereocenters. The number of hydrogen-bond acceptors (Lipinski definition) is 5. The van der Waals surface area contributed by atoms with Crippen LogP contribution in [0.1, 0.15) is 200 Å². The van der Waals surface area contributed by atoms with E-state index in [2.05, 4.69) is 31.3 Å². The Labute approximate surface area is 328 Å². The Morgan fingerprint density at radius 2 is 1.04 bits per heavy atom. The number of phosphoric acid groups is 1. The molecule has 0 aromatic rings. The van der Waals surface area contributed by atoms with Gasteiger partial charge in [-0.25, -0.2) is 4.57 Å². The van der Waals surface area contributed by atoms with E-state index in [4.69, 9.17) is 9.05 Å². The van der Waals surface area contributed by atoms with Crippen molar-refractivity contribution in [2.45, 2.75) is 212 Å². The molecule has 0 spiro atoms. The van der Waals surface area contributed by atoms with Gasteiger partial charge in [-0.1, -0.05) is 186 Å². The van der Waals surface area contributed by atoms with Gasteiger partial charge in [0.05, 0.1) is 39.9 Å². The zero-order valence-corrected chi connectivity index (χ0v) is 36.4. The summed E-state index contributed by atoms with van der Waals surface area (Å²) >= 11 is 0. The van der Waals surface area contributed by atoms with Crippen molar-refractivity contribution in [3.8, 4) is 0 Å². The fraction of sp³-hybridized carbons (Fsp3) is 0.886. The summed E-state index contributed by atoms with van der Waals surface area (Å²) in [6.07, 6.45) is 42.5. The molecule has 1 amide bonds. The lowest BCUT2D eigenvalue weighted by Gasteiger charge is -2.25. The molecule has 0 aromatic heterocycles. The molecule has 53 heavy (non-hydrogen) atoms. The van der Waals surface area contributed by atoms with Gasteiger partial charge in [-0.2, -0.15) is 0 Å². The number of nitrogens with zero attached hydrogens (tertiary/aromatic N) is 1. The van der Waals surface area contributed by atoms with Gasteiger partial charge in [0.2, 0.25) is 5.91 Å². The second-order valence-corrected chi connectivity index (χ2v) is 17.9. The summed E-state index contributed by atoms with van der Waals surface area (Å²) in [5.74, 6) is -0.186. The quantitative estimate of drug-likeness (QED) is 0.0248. The number of aliphatic hydroxyl groups is 1. The van der Waals surface area contributed by atoms with Crippen molar-refractivity contribution in [1.82, 2.24) is 5.32 Å². The van der Waals surface area contributed by atoms with Crippen LogP contribution in [-0.2, 0) is 18.4 Å². The molecule has 3 N–H and O–H groups in total. The van der Waals surface area contributed by atoms with Gasteiger partial charge >= 0.3 is 7.82 Å². The van der Waals surface area contributed by atoms with Crippen molar-refractivity contribution in [1.29, 1.82) is 0 Å². The molecule has 8 nitrogen and oxygen atoms in total. The van der Waals surface area contributed by atoms with Gasteiger partial charge in [-0.3, -0.25) is 13.8 Å². The van der Waals surface area contributed by atoms with Crippen molar-refractivity contribution >= 4 is 13.7 Å². The van der Waals surface area contributed by atoms with Gasteiger partial charge in [-0.15, -0.1) is 0 Å². The molecule has 9 heteroatoms. The molecule has 314 valence electrons. The van der Waals surface area contributed by atoms with Crippen molar-refractivity contribution in [2.75, 3.05) is 40.9 Å². The van der Waals surface area contributed by atoms with Crippen LogP contribution in [0.25, 0.3) is 0 Å². The van der Waals surface area contributed by atoms with Gasteiger partial charge in [-0.05, 0) is 32.1 Å². The number of quaternary nitrogens is 1. The molecule has 0 aliphatic carbocycles. The standard InChI is InChI=1S/C44H87N2O6P/c1-6-8-10-12-14-16-18-19-20-21-22-23-24-25-26-28-30-32-34-36-38-44(48)45-42(41-52-53(49,50)51-40-39-46(3,4)5)43(47)37-35-33-31-29-27-17-15-13-11-9-7-2/h27,29,35,37,42-43,47H,6-26,28,30-34,36,38-41H2,1-5H3,(H-,45,48,49,50)/p+1/b29-27+,37-35+. The van der Waals surface area contributed by atoms with Gasteiger partial charge in [0.1, 0.15) is 13.2 Å². The third-order valence-corrected chi connectivity index (χ3v) is 10.9. The second-order valence-electron chi connectivity index (χ2n) is 16.4. The average Bonchev–Trinajstić information content (AvgIpc) is 3.10. The SMILES string of the molecule is CCCCCCC/C=C/CC/C=C/C(O)C(COP(=O)(O)OCC[N+](C)(C)C)NC(=O)CCCCCCCCCCCCCCCCCCCCCC. The van der Waals surface area contributed by atoms with E-state index in [-0.39, 0.29) is 19.1 Å². The minimum atomic E-state index is -4.34. The third-order valence-electron chi connectivity index (χ3n) is 9.92. The Morgan fingerprint density at radius 1 is 0.623 bits per heavy atom. The average molecular weight is 772 g/mol.